The Morgan fingerprint density at radius 1 is 1.14 bits per heavy atom. The van der Waals surface area contributed by atoms with Gasteiger partial charge in [-0.25, -0.2) is 0 Å². The monoisotopic (exact) mass is 298 g/mol. The molecule has 2 rings (SSSR count). The Balaban J connectivity index is 2.06. The minimum Gasteiger partial charge on any atom is -0.322 e. The van der Waals surface area contributed by atoms with Crippen molar-refractivity contribution in [1.29, 1.82) is 0 Å². The Labute approximate surface area is 129 Å². The summed E-state index contributed by atoms with van der Waals surface area (Å²) in [5, 5.41) is 13.4. The number of anilines is 1. The summed E-state index contributed by atoms with van der Waals surface area (Å²) in [5.41, 5.74) is 2.29. The Kier molecular flexibility index (Phi) is 4.88. The predicted molar refractivity (Wildman–Crippen MR) is 86.2 cm³/mol. The molecule has 2 aromatic carbocycles. The quantitative estimate of drug-likeness (QED) is 0.658. The molecule has 0 spiro atoms. The first kappa shape index (κ1) is 15.7. The third-order valence-corrected chi connectivity index (χ3v) is 3.69. The van der Waals surface area contributed by atoms with Crippen molar-refractivity contribution in [1.82, 2.24) is 0 Å². The molecule has 1 amide bonds. The van der Waals surface area contributed by atoms with Crippen molar-refractivity contribution >= 4 is 17.3 Å². The number of non-ortho nitro benzene ring substituents is 1. The van der Waals surface area contributed by atoms with Crippen molar-refractivity contribution in [2.45, 2.75) is 26.2 Å². The zero-order valence-electron chi connectivity index (χ0n) is 12.6. The Hall–Kier alpha value is -2.69. The van der Waals surface area contributed by atoms with Crippen molar-refractivity contribution in [3.05, 3.63) is 69.8 Å². The highest BCUT2D eigenvalue weighted by Crippen LogP contribution is 2.21. The van der Waals surface area contributed by atoms with Crippen molar-refractivity contribution in [3.63, 3.8) is 0 Å². The molecule has 5 nitrogen and oxygen atoms in total. The summed E-state index contributed by atoms with van der Waals surface area (Å²) in [7, 11) is 0. The predicted octanol–water partition coefficient (Wildman–Crippen LogP) is 4.36. The minimum atomic E-state index is -0.491. The van der Waals surface area contributed by atoms with Gasteiger partial charge in [-0.05, 0) is 42.2 Å². The summed E-state index contributed by atoms with van der Waals surface area (Å²) >= 11 is 0. The topological polar surface area (TPSA) is 72.2 Å². The van der Waals surface area contributed by atoms with Gasteiger partial charge in [0.2, 0.25) is 0 Å². The van der Waals surface area contributed by atoms with E-state index in [1.807, 2.05) is 24.3 Å². The van der Waals surface area contributed by atoms with Crippen LogP contribution in [0.4, 0.5) is 11.4 Å². The van der Waals surface area contributed by atoms with Crippen LogP contribution in [0.2, 0.25) is 0 Å². The highest BCUT2D eigenvalue weighted by atomic mass is 16.6. The number of carbonyl (C=O) groups excluding carboxylic acids is 1. The highest BCUT2D eigenvalue weighted by molar-refractivity contribution is 6.04. The standard InChI is InChI=1S/C17H18N2O3/c1-3-12(2)13-4-8-15(9-5-13)18-17(20)14-6-10-16(11-7-14)19(21)22/h4-12H,3H2,1-2H3,(H,18,20)/t12-/m1/s1. The molecule has 22 heavy (non-hydrogen) atoms. The number of nitrogens with zero attached hydrogens (tertiary/aromatic N) is 1. The molecule has 0 radical (unpaired) electrons. The first-order valence-corrected chi connectivity index (χ1v) is 7.17. The van der Waals surface area contributed by atoms with Gasteiger partial charge in [0.05, 0.1) is 4.92 Å². The molecule has 0 unspecified atom stereocenters. The van der Waals surface area contributed by atoms with Gasteiger partial charge in [-0.15, -0.1) is 0 Å². The summed E-state index contributed by atoms with van der Waals surface area (Å²) in [4.78, 5) is 22.2. The molecular weight excluding hydrogens is 280 g/mol. The molecular formula is C17H18N2O3. The molecule has 5 heteroatoms. The van der Waals surface area contributed by atoms with Crippen LogP contribution in [0.25, 0.3) is 0 Å². The van der Waals surface area contributed by atoms with Crippen LogP contribution in [0, 0.1) is 10.1 Å². The second-order valence-electron chi connectivity index (χ2n) is 5.19. The first-order chi connectivity index (χ1) is 10.5. The number of amides is 1. The van der Waals surface area contributed by atoms with E-state index in [-0.39, 0.29) is 11.6 Å². The first-order valence-electron chi connectivity index (χ1n) is 7.17. The van der Waals surface area contributed by atoms with Crippen LogP contribution in [0.3, 0.4) is 0 Å². The molecule has 1 N–H and O–H groups in total. The van der Waals surface area contributed by atoms with Gasteiger partial charge in [0.25, 0.3) is 11.6 Å². The molecule has 0 heterocycles. The SMILES string of the molecule is CC[C@@H](C)c1ccc(NC(=O)c2ccc([N+](=O)[O-])cc2)cc1. The van der Waals surface area contributed by atoms with E-state index in [1.54, 1.807) is 0 Å². The number of benzene rings is 2. The number of nitrogens with one attached hydrogen (secondary N) is 1. The smallest absolute Gasteiger partial charge is 0.269 e. The Morgan fingerprint density at radius 2 is 1.73 bits per heavy atom. The third kappa shape index (κ3) is 3.69. The van der Waals surface area contributed by atoms with Gasteiger partial charge in [0, 0.05) is 23.4 Å². The zero-order chi connectivity index (χ0) is 16.1. The molecule has 114 valence electrons. The van der Waals surface area contributed by atoms with Gasteiger partial charge < -0.3 is 5.32 Å². The molecule has 0 bridgehead atoms. The van der Waals surface area contributed by atoms with Crippen molar-refractivity contribution in [2.75, 3.05) is 5.32 Å². The number of hydrogen-bond acceptors (Lipinski definition) is 3. The normalized spacial score (nSPS) is 11.7. The Morgan fingerprint density at radius 3 is 2.23 bits per heavy atom. The third-order valence-electron chi connectivity index (χ3n) is 3.69. The fourth-order valence-electron chi connectivity index (χ4n) is 2.07. The van der Waals surface area contributed by atoms with Crippen molar-refractivity contribution < 1.29 is 9.72 Å². The lowest BCUT2D eigenvalue weighted by Gasteiger charge is -2.10. The van der Waals surface area contributed by atoms with E-state index < -0.39 is 4.92 Å². The van der Waals surface area contributed by atoms with Crippen molar-refractivity contribution in [2.24, 2.45) is 0 Å². The minimum absolute atomic E-state index is 0.0329. The molecule has 0 fully saturated rings. The van der Waals surface area contributed by atoms with Gasteiger partial charge in [-0.3, -0.25) is 14.9 Å². The van der Waals surface area contributed by atoms with Gasteiger partial charge in [0.1, 0.15) is 0 Å². The molecule has 0 saturated carbocycles. The number of hydrogen-bond donors (Lipinski definition) is 1. The van der Waals surface area contributed by atoms with Crippen LogP contribution in [0.15, 0.2) is 48.5 Å². The number of carbonyl (C=O) groups is 1. The number of rotatable bonds is 5. The van der Waals surface area contributed by atoms with E-state index in [0.717, 1.165) is 6.42 Å². The largest absolute Gasteiger partial charge is 0.322 e. The van der Waals surface area contributed by atoms with E-state index >= 15 is 0 Å². The molecule has 0 aromatic heterocycles. The average Bonchev–Trinajstić information content (AvgIpc) is 2.54. The van der Waals surface area contributed by atoms with Crippen LogP contribution < -0.4 is 5.32 Å². The lowest BCUT2D eigenvalue weighted by Crippen LogP contribution is -2.11. The van der Waals surface area contributed by atoms with Crippen LogP contribution in [0.5, 0.6) is 0 Å². The molecule has 0 aliphatic heterocycles. The zero-order valence-corrected chi connectivity index (χ0v) is 12.6. The van der Waals surface area contributed by atoms with E-state index in [1.165, 1.54) is 29.8 Å². The van der Waals surface area contributed by atoms with Crippen LogP contribution in [-0.4, -0.2) is 10.8 Å². The lowest BCUT2D eigenvalue weighted by atomic mass is 9.98. The highest BCUT2D eigenvalue weighted by Gasteiger charge is 2.10. The summed E-state index contributed by atoms with van der Waals surface area (Å²) in [6, 6.07) is 13.3. The van der Waals surface area contributed by atoms with Crippen LogP contribution in [-0.2, 0) is 0 Å². The molecule has 2 aromatic rings. The van der Waals surface area contributed by atoms with E-state index in [4.69, 9.17) is 0 Å². The maximum absolute atomic E-state index is 12.1. The molecule has 0 aliphatic rings. The molecule has 0 saturated heterocycles. The fraction of sp³-hybridized carbons (Fsp3) is 0.235. The average molecular weight is 298 g/mol. The van der Waals surface area contributed by atoms with Crippen LogP contribution in [0.1, 0.15) is 42.1 Å². The maximum Gasteiger partial charge on any atom is 0.269 e. The van der Waals surface area contributed by atoms with Gasteiger partial charge in [-0.1, -0.05) is 26.0 Å². The van der Waals surface area contributed by atoms with E-state index in [0.29, 0.717) is 17.2 Å². The molecule has 0 aliphatic carbocycles. The summed E-state index contributed by atoms with van der Waals surface area (Å²) < 4.78 is 0. The second kappa shape index (κ2) is 6.85. The van der Waals surface area contributed by atoms with Crippen molar-refractivity contribution in [3.8, 4) is 0 Å². The number of nitro benzene ring substituents is 1. The molecule has 1 atom stereocenters. The number of nitro groups is 1. The fourth-order valence-corrected chi connectivity index (χ4v) is 2.07. The van der Waals surface area contributed by atoms with E-state index in [9.17, 15) is 14.9 Å². The van der Waals surface area contributed by atoms with Gasteiger partial charge in [0.15, 0.2) is 0 Å². The summed E-state index contributed by atoms with van der Waals surface area (Å²) in [6.07, 6.45) is 1.06. The van der Waals surface area contributed by atoms with Gasteiger partial charge in [-0.2, -0.15) is 0 Å². The van der Waals surface area contributed by atoms with Crippen LogP contribution >= 0.6 is 0 Å². The maximum atomic E-state index is 12.1. The Bertz CT molecular complexity index is 663. The van der Waals surface area contributed by atoms with Gasteiger partial charge >= 0.3 is 0 Å². The summed E-state index contributed by atoms with van der Waals surface area (Å²) in [6.45, 7) is 4.29. The lowest BCUT2D eigenvalue weighted by molar-refractivity contribution is -0.384. The second-order valence-corrected chi connectivity index (χ2v) is 5.19. The summed E-state index contributed by atoms with van der Waals surface area (Å²) in [5.74, 6) is 0.200. The van der Waals surface area contributed by atoms with E-state index in [2.05, 4.69) is 19.2 Å².